The van der Waals surface area contributed by atoms with Gasteiger partial charge in [-0.25, -0.2) is 5.48 Å². The molecule has 0 aliphatic rings. The molecular weight excluding hydrogens is 396 g/mol. The highest BCUT2D eigenvalue weighted by Gasteiger charge is 2.09. The maximum atomic E-state index is 11.9. The maximum absolute atomic E-state index is 11.9. The van der Waals surface area contributed by atoms with Gasteiger partial charge in [-0.05, 0) is 25.0 Å². The Kier molecular flexibility index (Phi) is 7.29. The van der Waals surface area contributed by atoms with Crippen molar-refractivity contribution in [3.05, 3.63) is 28.7 Å². The Balaban J connectivity index is 1.74. The number of rotatable bonds is 8. The SMILES string of the molecule is O=C(CCCCCC(=O)Nc1nnc(-c2ccc(Br)cc2)s1)NO. The summed E-state index contributed by atoms with van der Waals surface area (Å²) in [6.45, 7) is 0. The van der Waals surface area contributed by atoms with Gasteiger partial charge in [0.25, 0.3) is 0 Å². The highest BCUT2D eigenvalue weighted by molar-refractivity contribution is 9.10. The predicted octanol–water partition coefficient (Wildman–Crippen LogP) is 3.36. The molecule has 1 heterocycles. The standard InChI is InChI=1S/C15H17BrN4O3S/c16-11-8-6-10(7-9-11)14-18-19-15(24-14)17-12(21)4-2-1-3-5-13(22)20-23/h6-9,23H,1-5H2,(H,20,22)(H,17,19,21). The lowest BCUT2D eigenvalue weighted by Crippen LogP contribution is -2.17. The van der Waals surface area contributed by atoms with Crippen LogP contribution in [-0.2, 0) is 9.59 Å². The topological polar surface area (TPSA) is 104 Å². The van der Waals surface area contributed by atoms with Crippen LogP contribution in [0.1, 0.15) is 32.1 Å². The molecule has 0 aliphatic carbocycles. The average molecular weight is 413 g/mol. The molecule has 0 saturated heterocycles. The molecule has 128 valence electrons. The van der Waals surface area contributed by atoms with E-state index in [4.69, 9.17) is 5.21 Å². The lowest BCUT2D eigenvalue weighted by Gasteiger charge is -2.01. The van der Waals surface area contributed by atoms with Gasteiger partial charge in [-0.3, -0.25) is 14.8 Å². The molecule has 1 aromatic carbocycles. The molecule has 0 unspecified atom stereocenters. The predicted molar refractivity (Wildman–Crippen MR) is 94.7 cm³/mol. The number of nitrogens with zero attached hydrogens (tertiary/aromatic N) is 2. The molecule has 0 spiro atoms. The third-order valence-electron chi connectivity index (χ3n) is 3.19. The molecule has 0 atom stereocenters. The molecule has 7 nitrogen and oxygen atoms in total. The Morgan fingerprint density at radius 2 is 1.71 bits per heavy atom. The fourth-order valence-corrected chi connectivity index (χ4v) is 3.00. The molecule has 2 amide bonds. The van der Waals surface area contributed by atoms with E-state index in [1.54, 1.807) is 5.48 Å². The molecule has 1 aromatic heterocycles. The first kappa shape index (κ1) is 18.5. The lowest BCUT2D eigenvalue weighted by molar-refractivity contribution is -0.129. The quantitative estimate of drug-likeness (QED) is 0.350. The first-order valence-electron chi connectivity index (χ1n) is 7.40. The van der Waals surface area contributed by atoms with Crippen LogP contribution in [0.25, 0.3) is 10.6 Å². The molecule has 0 saturated carbocycles. The Hall–Kier alpha value is -1.84. The minimum absolute atomic E-state index is 0.125. The number of carbonyl (C=O) groups is 2. The van der Waals surface area contributed by atoms with Gasteiger partial charge in [0.15, 0.2) is 0 Å². The van der Waals surface area contributed by atoms with E-state index < -0.39 is 5.91 Å². The molecule has 0 radical (unpaired) electrons. The van der Waals surface area contributed by atoms with E-state index in [0.717, 1.165) is 21.5 Å². The summed E-state index contributed by atoms with van der Waals surface area (Å²) in [5, 5.41) is 20.4. The molecule has 9 heteroatoms. The summed E-state index contributed by atoms with van der Waals surface area (Å²) in [6.07, 6.45) is 2.65. The second-order valence-corrected chi connectivity index (χ2v) is 6.96. The van der Waals surface area contributed by atoms with Crippen LogP contribution in [0, 0.1) is 0 Å². The van der Waals surface area contributed by atoms with E-state index in [-0.39, 0.29) is 12.3 Å². The van der Waals surface area contributed by atoms with Crippen LogP contribution >= 0.6 is 27.3 Å². The fourth-order valence-electron chi connectivity index (χ4n) is 1.97. The van der Waals surface area contributed by atoms with Gasteiger partial charge in [0.2, 0.25) is 16.9 Å². The Bertz CT molecular complexity index is 690. The average Bonchev–Trinajstić information content (AvgIpc) is 3.03. The van der Waals surface area contributed by atoms with Crippen LogP contribution in [0.2, 0.25) is 0 Å². The van der Waals surface area contributed by atoms with E-state index in [1.807, 2.05) is 24.3 Å². The number of anilines is 1. The Morgan fingerprint density at radius 3 is 2.38 bits per heavy atom. The smallest absolute Gasteiger partial charge is 0.243 e. The van der Waals surface area contributed by atoms with Crippen molar-refractivity contribution in [1.82, 2.24) is 15.7 Å². The third kappa shape index (κ3) is 5.99. The van der Waals surface area contributed by atoms with Crippen LogP contribution < -0.4 is 10.8 Å². The third-order valence-corrected chi connectivity index (χ3v) is 4.61. The number of carbonyl (C=O) groups excluding carboxylic acids is 2. The van der Waals surface area contributed by atoms with Crippen LogP contribution in [0.5, 0.6) is 0 Å². The number of hydrogen-bond donors (Lipinski definition) is 3. The van der Waals surface area contributed by atoms with Gasteiger partial charge in [0, 0.05) is 22.9 Å². The minimum Gasteiger partial charge on any atom is -0.301 e. The van der Waals surface area contributed by atoms with Crippen molar-refractivity contribution in [3.8, 4) is 10.6 Å². The number of benzene rings is 1. The van der Waals surface area contributed by atoms with Crippen LogP contribution in [-0.4, -0.2) is 27.2 Å². The van der Waals surface area contributed by atoms with Crippen molar-refractivity contribution in [2.45, 2.75) is 32.1 Å². The van der Waals surface area contributed by atoms with Crippen LogP contribution in [0.3, 0.4) is 0 Å². The van der Waals surface area contributed by atoms with Gasteiger partial charge in [-0.2, -0.15) is 0 Å². The van der Waals surface area contributed by atoms with Gasteiger partial charge in [-0.15, -0.1) is 10.2 Å². The van der Waals surface area contributed by atoms with Gasteiger partial charge in [0.05, 0.1) is 0 Å². The Morgan fingerprint density at radius 1 is 1.04 bits per heavy atom. The zero-order chi connectivity index (χ0) is 17.4. The van der Waals surface area contributed by atoms with E-state index in [0.29, 0.717) is 24.4 Å². The molecule has 0 fully saturated rings. The van der Waals surface area contributed by atoms with Gasteiger partial charge >= 0.3 is 0 Å². The van der Waals surface area contributed by atoms with Crippen LogP contribution in [0.4, 0.5) is 5.13 Å². The number of halogens is 1. The molecular formula is C15H17BrN4O3S. The number of nitrogens with one attached hydrogen (secondary N) is 2. The summed E-state index contributed by atoms with van der Waals surface area (Å²) in [5.74, 6) is -0.533. The number of hydroxylamine groups is 1. The van der Waals surface area contributed by atoms with Crippen molar-refractivity contribution in [2.24, 2.45) is 0 Å². The molecule has 3 N–H and O–H groups in total. The molecule has 2 aromatic rings. The summed E-state index contributed by atoms with van der Waals surface area (Å²) in [4.78, 5) is 22.7. The molecule has 2 rings (SSSR count). The summed E-state index contributed by atoms with van der Waals surface area (Å²) >= 11 is 4.70. The molecule has 24 heavy (non-hydrogen) atoms. The maximum Gasteiger partial charge on any atom is 0.243 e. The van der Waals surface area contributed by atoms with Crippen molar-refractivity contribution < 1.29 is 14.8 Å². The number of aromatic nitrogens is 2. The second-order valence-electron chi connectivity index (χ2n) is 5.06. The van der Waals surface area contributed by atoms with Crippen molar-refractivity contribution in [1.29, 1.82) is 0 Å². The summed E-state index contributed by atoms with van der Waals surface area (Å²) in [7, 11) is 0. The van der Waals surface area contributed by atoms with Crippen molar-refractivity contribution >= 4 is 44.2 Å². The summed E-state index contributed by atoms with van der Waals surface area (Å²) in [6, 6.07) is 7.70. The van der Waals surface area contributed by atoms with Gasteiger partial charge in [0.1, 0.15) is 5.01 Å². The van der Waals surface area contributed by atoms with E-state index >= 15 is 0 Å². The first-order valence-corrected chi connectivity index (χ1v) is 9.01. The highest BCUT2D eigenvalue weighted by Crippen LogP contribution is 2.27. The Labute approximate surface area is 151 Å². The van der Waals surface area contributed by atoms with Crippen molar-refractivity contribution in [3.63, 3.8) is 0 Å². The monoisotopic (exact) mass is 412 g/mol. The van der Waals surface area contributed by atoms with E-state index in [2.05, 4.69) is 31.4 Å². The molecule has 0 aliphatic heterocycles. The lowest BCUT2D eigenvalue weighted by atomic mass is 10.1. The largest absolute Gasteiger partial charge is 0.301 e. The van der Waals surface area contributed by atoms with E-state index in [9.17, 15) is 9.59 Å². The second kappa shape index (κ2) is 9.45. The summed E-state index contributed by atoms with van der Waals surface area (Å²) in [5.41, 5.74) is 2.52. The summed E-state index contributed by atoms with van der Waals surface area (Å²) < 4.78 is 0.987. The van der Waals surface area contributed by atoms with Crippen LogP contribution in [0.15, 0.2) is 28.7 Å². The highest BCUT2D eigenvalue weighted by atomic mass is 79.9. The molecule has 0 bridgehead atoms. The van der Waals surface area contributed by atoms with Gasteiger partial charge in [-0.1, -0.05) is 45.8 Å². The van der Waals surface area contributed by atoms with Gasteiger partial charge < -0.3 is 5.32 Å². The fraction of sp³-hybridized carbons (Fsp3) is 0.333. The zero-order valence-corrected chi connectivity index (χ0v) is 15.2. The normalized spacial score (nSPS) is 10.4. The number of amides is 2. The first-order chi connectivity index (χ1) is 11.6. The van der Waals surface area contributed by atoms with Crippen molar-refractivity contribution in [2.75, 3.05) is 5.32 Å². The van der Waals surface area contributed by atoms with E-state index in [1.165, 1.54) is 11.3 Å². The minimum atomic E-state index is -0.409. The zero-order valence-electron chi connectivity index (χ0n) is 12.8. The number of hydrogen-bond acceptors (Lipinski definition) is 6. The number of unbranched alkanes of at least 4 members (excludes halogenated alkanes) is 2.